The molecule has 0 aliphatic carbocycles. The fraction of sp³-hybridized carbons (Fsp3) is 0.176. The number of amides is 3. The first-order valence-electron chi connectivity index (χ1n) is 7.48. The lowest BCUT2D eigenvalue weighted by Crippen LogP contribution is -2.51. The Morgan fingerprint density at radius 1 is 1.08 bits per heavy atom. The first-order chi connectivity index (χ1) is 12.0. The van der Waals surface area contributed by atoms with Crippen molar-refractivity contribution in [1.29, 1.82) is 0 Å². The maximum Gasteiger partial charge on any atom is 0.274 e. The molecule has 0 saturated carbocycles. The summed E-state index contributed by atoms with van der Waals surface area (Å²) in [7, 11) is 0. The van der Waals surface area contributed by atoms with Gasteiger partial charge in [-0.15, -0.1) is 11.3 Å². The first kappa shape index (κ1) is 17.3. The van der Waals surface area contributed by atoms with E-state index in [9.17, 15) is 19.2 Å². The second-order valence-electron chi connectivity index (χ2n) is 5.34. The van der Waals surface area contributed by atoms with E-state index in [1.165, 1.54) is 23.5 Å². The molecular formula is C17H13ClN2O4S. The number of ketones is 1. The van der Waals surface area contributed by atoms with Crippen molar-refractivity contribution in [2.75, 3.05) is 6.54 Å². The van der Waals surface area contributed by atoms with Gasteiger partial charge in [-0.3, -0.25) is 19.2 Å². The molecule has 0 atom stereocenters. The first-order valence-corrected chi connectivity index (χ1v) is 8.73. The number of benzene rings is 1. The van der Waals surface area contributed by atoms with Gasteiger partial charge in [-0.25, -0.2) is 5.01 Å². The van der Waals surface area contributed by atoms with Gasteiger partial charge in [0.05, 0.1) is 15.5 Å². The second kappa shape index (κ2) is 7.16. The van der Waals surface area contributed by atoms with Crippen LogP contribution in [0.4, 0.5) is 0 Å². The van der Waals surface area contributed by atoms with E-state index in [0.29, 0.717) is 4.88 Å². The van der Waals surface area contributed by atoms with E-state index in [2.05, 4.69) is 0 Å². The number of Topliss-reactive ketones (excluding diaryl/α,β-unsaturated/α-hetero) is 1. The molecule has 1 aliphatic rings. The average molecular weight is 377 g/mol. The highest BCUT2D eigenvalue weighted by Gasteiger charge is 2.38. The van der Waals surface area contributed by atoms with Gasteiger partial charge in [-0.05, 0) is 23.6 Å². The molecule has 0 N–H and O–H groups in total. The van der Waals surface area contributed by atoms with E-state index in [1.807, 2.05) is 0 Å². The number of imide groups is 1. The van der Waals surface area contributed by atoms with Crippen LogP contribution < -0.4 is 0 Å². The monoisotopic (exact) mass is 376 g/mol. The summed E-state index contributed by atoms with van der Waals surface area (Å²) in [6.07, 6.45) is 0.0245. The average Bonchev–Trinajstić information content (AvgIpc) is 3.23. The summed E-state index contributed by atoms with van der Waals surface area (Å²) in [5, 5.41) is 3.57. The van der Waals surface area contributed by atoms with E-state index in [1.54, 1.807) is 29.6 Å². The molecule has 2 aromatic rings. The summed E-state index contributed by atoms with van der Waals surface area (Å²) < 4.78 is 0. The Hall–Kier alpha value is -2.51. The number of rotatable bonds is 5. The van der Waals surface area contributed by atoms with Gasteiger partial charge in [-0.2, -0.15) is 5.01 Å². The van der Waals surface area contributed by atoms with Crippen molar-refractivity contribution in [3.05, 3.63) is 57.2 Å². The van der Waals surface area contributed by atoms with Crippen LogP contribution in [0.1, 0.15) is 32.9 Å². The smallest absolute Gasteiger partial charge is 0.274 e. The molecule has 0 radical (unpaired) electrons. The minimum absolute atomic E-state index is 0.0122. The molecule has 2 heterocycles. The third-order valence-corrected chi connectivity index (χ3v) is 4.94. The quantitative estimate of drug-likeness (QED) is 0.594. The number of carbonyl (C=O) groups excluding carboxylic acids is 4. The molecule has 1 fully saturated rings. The van der Waals surface area contributed by atoms with Crippen LogP contribution in [0.25, 0.3) is 0 Å². The van der Waals surface area contributed by atoms with Crippen molar-refractivity contribution < 1.29 is 19.2 Å². The number of nitrogens with zero attached hydrogens (tertiary/aromatic N) is 2. The molecule has 3 rings (SSSR count). The SMILES string of the molecule is O=C(CN(C(=O)c1ccccc1Cl)N1C(=O)CCC1=O)c1cccs1. The van der Waals surface area contributed by atoms with Crippen molar-refractivity contribution >= 4 is 46.4 Å². The van der Waals surface area contributed by atoms with Crippen LogP contribution in [-0.2, 0) is 9.59 Å². The van der Waals surface area contributed by atoms with Crippen LogP contribution in [0.15, 0.2) is 41.8 Å². The molecule has 128 valence electrons. The Bertz CT molecular complexity index is 834. The van der Waals surface area contributed by atoms with E-state index in [4.69, 9.17) is 11.6 Å². The lowest BCUT2D eigenvalue weighted by Gasteiger charge is -2.29. The van der Waals surface area contributed by atoms with Gasteiger partial charge in [0.1, 0.15) is 6.54 Å². The van der Waals surface area contributed by atoms with Crippen LogP contribution in [0, 0.1) is 0 Å². The predicted octanol–water partition coefficient (Wildman–Crippen LogP) is 2.79. The molecule has 1 aromatic heterocycles. The standard InChI is InChI=1S/C17H13ClN2O4S/c18-12-5-2-1-4-11(12)17(24)19(20-15(22)7-8-16(20)23)10-13(21)14-6-3-9-25-14/h1-6,9H,7-8,10H2. The van der Waals surface area contributed by atoms with Crippen molar-refractivity contribution in [1.82, 2.24) is 10.0 Å². The molecule has 0 bridgehead atoms. The zero-order valence-corrected chi connectivity index (χ0v) is 14.5. The normalized spacial score (nSPS) is 14.0. The van der Waals surface area contributed by atoms with Crippen LogP contribution in [0.3, 0.4) is 0 Å². The molecule has 25 heavy (non-hydrogen) atoms. The topological polar surface area (TPSA) is 74.8 Å². The Morgan fingerprint density at radius 3 is 2.36 bits per heavy atom. The van der Waals surface area contributed by atoms with Crippen LogP contribution in [0.5, 0.6) is 0 Å². The van der Waals surface area contributed by atoms with Crippen LogP contribution in [-0.4, -0.2) is 40.1 Å². The molecule has 1 saturated heterocycles. The molecule has 1 aliphatic heterocycles. The van der Waals surface area contributed by atoms with Gasteiger partial charge < -0.3 is 0 Å². The van der Waals surface area contributed by atoms with Crippen LogP contribution >= 0.6 is 22.9 Å². The van der Waals surface area contributed by atoms with Gasteiger partial charge in [0.2, 0.25) is 11.8 Å². The molecule has 3 amide bonds. The molecule has 0 unspecified atom stereocenters. The minimum atomic E-state index is -0.667. The lowest BCUT2D eigenvalue weighted by atomic mass is 10.2. The number of thiophene rings is 1. The summed E-state index contributed by atoms with van der Waals surface area (Å²) in [5.74, 6) is -2.05. The van der Waals surface area contributed by atoms with Crippen molar-refractivity contribution in [3.63, 3.8) is 0 Å². The summed E-state index contributed by atoms with van der Waals surface area (Å²) >= 11 is 7.29. The van der Waals surface area contributed by atoms with Crippen molar-refractivity contribution in [2.45, 2.75) is 12.8 Å². The Labute approximate surface area is 152 Å². The Kier molecular flexibility index (Phi) is 4.96. The van der Waals surface area contributed by atoms with Gasteiger partial charge in [0.25, 0.3) is 5.91 Å². The van der Waals surface area contributed by atoms with Gasteiger partial charge in [0, 0.05) is 12.8 Å². The molecule has 8 heteroatoms. The van der Waals surface area contributed by atoms with E-state index >= 15 is 0 Å². The summed E-state index contributed by atoms with van der Waals surface area (Å²) in [4.78, 5) is 49.9. The van der Waals surface area contributed by atoms with Crippen molar-refractivity contribution in [2.24, 2.45) is 0 Å². The largest absolute Gasteiger partial charge is 0.291 e. The fourth-order valence-corrected chi connectivity index (χ4v) is 3.37. The molecule has 6 nitrogen and oxygen atoms in total. The Morgan fingerprint density at radius 2 is 1.76 bits per heavy atom. The number of hydrogen-bond donors (Lipinski definition) is 0. The Balaban J connectivity index is 1.95. The van der Waals surface area contributed by atoms with Gasteiger partial charge in [-0.1, -0.05) is 29.8 Å². The summed E-state index contributed by atoms with van der Waals surface area (Å²) in [6, 6.07) is 9.63. The van der Waals surface area contributed by atoms with E-state index in [0.717, 1.165) is 10.0 Å². The van der Waals surface area contributed by atoms with Crippen LogP contribution in [0.2, 0.25) is 5.02 Å². The number of halogens is 1. The van der Waals surface area contributed by atoms with E-state index in [-0.39, 0.29) is 29.2 Å². The zero-order chi connectivity index (χ0) is 18.0. The van der Waals surface area contributed by atoms with Gasteiger partial charge >= 0.3 is 0 Å². The highest BCUT2D eigenvalue weighted by Crippen LogP contribution is 2.22. The third kappa shape index (κ3) is 3.47. The highest BCUT2D eigenvalue weighted by atomic mass is 35.5. The molecule has 1 aromatic carbocycles. The number of hydrazine groups is 1. The summed E-state index contributed by atoms with van der Waals surface area (Å²) in [5.41, 5.74) is 0.121. The number of carbonyl (C=O) groups is 4. The molecular weight excluding hydrogens is 364 g/mol. The van der Waals surface area contributed by atoms with E-state index < -0.39 is 24.3 Å². The summed E-state index contributed by atoms with van der Waals surface area (Å²) in [6.45, 7) is -0.415. The zero-order valence-electron chi connectivity index (χ0n) is 13.0. The predicted molar refractivity (Wildman–Crippen MR) is 92.2 cm³/mol. The maximum absolute atomic E-state index is 12.9. The minimum Gasteiger partial charge on any atom is -0.291 e. The van der Waals surface area contributed by atoms with Crippen molar-refractivity contribution in [3.8, 4) is 0 Å². The fourth-order valence-electron chi connectivity index (χ4n) is 2.49. The number of hydrogen-bond acceptors (Lipinski definition) is 5. The van der Waals surface area contributed by atoms with Gasteiger partial charge in [0.15, 0.2) is 5.78 Å². The molecule has 0 spiro atoms. The second-order valence-corrected chi connectivity index (χ2v) is 6.70. The highest BCUT2D eigenvalue weighted by molar-refractivity contribution is 7.12. The lowest BCUT2D eigenvalue weighted by molar-refractivity contribution is -0.152. The third-order valence-electron chi connectivity index (χ3n) is 3.69. The maximum atomic E-state index is 12.9.